The number of hydrogen-bond acceptors (Lipinski definition) is 2. The van der Waals surface area contributed by atoms with E-state index in [1.165, 1.54) is 21.9 Å². The number of benzene rings is 3. The summed E-state index contributed by atoms with van der Waals surface area (Å²) in [6.07, 6.45) is 1.97. The zero-order chi connectivity index (χ0) is 19.5. The van der Waals surface area contributed by atoms with Crippen LogP contribution in [0.4, 0.5) is 0 Å². The predicted octanol–water partition coefficient (Wildman–Crippen LogP) is 5.53. The first-order valence-corrected chi connectivity index (χ1v) is 10.1. The monoisotopic (exact) mass is 373 g/mol. The second-order valence-corrected chi connectivity index (χ2v) is 7.88. The maximum atomic E-state index is 12.1. The lowest BCUT2D eigenvalue weighted by Gasteiger charge is -2.33. The zero-order valence-corrected chi connectivity index (χ0v) is 16.6. The third-order valence-corrected chi connectivity index (χ3v) is 5.49. The Hall–Kier alpha value is -2.81. The van der Waals surface area contributed by atoms with Gasteiger partial charge in [0.05, 0.1) is 0 Å². The normalized spacial score (nSPS) is 15.2. The van der Waals surface area contributed by atoms with Gasteiger partial charge in [0, 0.05) is 31.8 Å². The molecule has 28 heavy (non-hydrogen) atoms. The average Bonchev–Trinajstić information content (AvgIpc) is 2.74. The molecular formula is C25H27NO2. The van der Waals surface area contributed by atoms with Crippen molar-refractivity contribution in [3.05, 3.63) is 66.7 Å². The molecule has 0 bridgehead atoms. The van der Waals surface area contributed by atoms with Crippen LogP contribution in [0, 0.1) is 5.92 Å². The fourth-order valence-corrected chi connectivity index (χ4v) is 3.85. The Bertz CT molecular complexity index is 954. The number of carbonyl (C=O) groups excluding carboxylic acids is 1. The number of likely N-dealkylation sites (tertiary alicyclic amines) is 1. The highest BCUT2D eigenvalue weighted by atomic mass is 16.5. The van der Waals surface area contributed by atoms with E-state index in [9.17, 15) is 4.79 Å². The zero-order valence-electron chi connectivity index (χ0n) is 16.6. The highest BCUT2D eigenvalue weighted by molar-refractivity contribution is 5.87. The van der Waals surface area contributed by atoms with Crippen LogP contribution >= 0.6 is 0 Å². The molecule has 4 rings (SSSR count). The highest BCUT2D eigenvalue weighted by Crippen LogP contribution is 2.27. The molecule has 0 saturated carbocycles. The fourth-order valence-electron chi connectivity index (χ4n) is 3.85. The molecule has 1 aliphatic rings. The van der Waals surface area contributed by atoms with Gasteiger partial charge in [-0.2, -0.15) is 0 Å². The van der Waals surface area contributed by atoms with Crippen LogP contribution in [0.1, 0.15) is 26.7 Å². The topological polar surface area (TPSA) is 29.5 Å². The largest absolute Gasteiger partial charge is 0.490 e. The maximum absolute atomic E-state index is 12.1. The first-order chi connectivity index (χ1) is 13.6. The van der Waals surface area contributed by atoms with E-state index >= 15 is 0 Å². The lowest BCUT2D eigenvalue weighted by atomic mass is 10.0. The molecule has 3 nitrogen and oxygen atoms in total. The molecule has 0 radical (unpaired) electrons. The average molecular weight is 373 g/mol. The van der Waals surface area contributed by atoms with E-state index < -0.39 is 0 Å². The molecule has 0 N–H and O–H groups in total. The van der Waals surface area contributed by atoms with Crippen LogP contribution in [0.2, 0.25) is 0 Å². The van der Waals surface area contributed by atoms with Crippen molar-refractivity contribution in [1.29, 1.82) is 0 Å². The van der Waals surface area contributed by atoms with Crippen molar-refractivity contribution in [2.75, 3.05) is 13.1 Å². The van der Waals surface area contributed by atoms with Crippen molar-refractivity contribution in [2.45, 2.75) is 32.8 Å². The smallest absolute Gasteiger partial charge is 0.225 e. The van der Waals surface area contributed by atoms with Gasteiger partial charge in [-0.1, -0.05) is 62.4 Å². The van der Waals surface area contributed by atoms with Crippen LogP contribution in [0.5, 0.6) is 5.75 Å². The number of nitrogens with zero attached hydrogens (tertiary/aromatic N) is 1. The quantitative estimate of drug-likeness (QED) is 0.601. The number of amides is 1. The molecule has 144 valence electrons. The van der Waals surface area contributed by atoms with Gasteiger partial charge < -0.3 is 9.64 Å². The number of ether oxygens (including phenoxy) is 1. The Morgan fingerprint density at radius 3 is 2.21 bits per heavy atom. The SMILES string of the molecule is CC(C)C(=O)N1CCC(Oc2ccc(-c3ccc4ccccc4c3)cc2)CC1. The van der Waals surface area contributed by atoms with Crippen LogP contribution < -0.4 is 4.74 Å². The number of hydrogen-bond donors (Lipinski definition) is 0. The van der Waals surface area contributed by atoms with Crippen LogP contribution in [0.15, 0.2) is 66.7 Å². The van der Waals surface area contributed by atoms with Crippen molar-refractivity contribution in [3.63, 3.8) is 0 Å². The Kier molecular flexibility index (Phi) is 5.34. The summed E-state index contributed by atoms with van der Waals surface area (Å²) in [5, 5.41) is 2.51. The Morgan fingerprint density at radius 1 is 0.893 bits per heavy atom. The lowest BCUT2D eigenvalue weighted by molar-refractivity contribution is -0.136. The number of fused-ring (bicyclic) bond motifs is 1. The summed E-state index contributed by atoms with van der Waals surface area (Å²) in [6, 6.07) is 23.3. The first-order valence-electron chi connectivity index (χ1n) is 10.1. The van der Waals surface area contributed by atoms with Crippen molar-refractivity contribution < 1.29 is 9.53 Å². The van der Waals surface area contributed by atoms with Gasteiger partial charge in [0.1, 0.15) is 11.9 Å². The number of rotatable bonds is 4. The van der Waals surface area contributed by atoms with Gasteiger partial charge in [0.25, 0.3) is 0 Å². The van der Waals surface area contributed by atoms with Crippen molar-refractivity contribution in [1.82, 2.24) is 4.90 Å². The molecule has 3 aromatic carbocycles. The summed E-state index contributed by atoms with van der Waals surface area (Å²) in [6.45, 7) is 5.50. The number of piperidine rings is 1. The minimum absolute atomic E-state index is 0.0696. The molecule has 3 heteroatoms. The Morgan fingerprint density at radius 2 is 1.54 bits per heavy atom. The van der Waals surface area contributed by atoms with E-state index in [1.807, 2.05) is 18.7 Å². The van der Waals surface area contributed by atoms with E-state index in [4.69, 9.17) is 4.74 Å². The summed E-state index contributed by atoms with van der Waals surface area (Å²) >= 11 is 0. The summed E-state index contributed by atoms with van der Waals surface area (Å²) in [5.74, 6) is 1.22. The van der Waals surface area contributed by atoms with Crippen LogP contribution in [-0.2, 0) is 4.79 Å². The lowest BCUT2D eigenvalue weighted by Crippen LogP contribution is -2.43. The van der Waals surface area contributed by atoms with Crippen molar-refractivity contribution in [2.24, 2.45) is 5.92 Å². The van der Waals surface area contributed by atoms with E-state index in [-0.39, 0.29) is 17.9 Å². The van der Waals surface area contributed by atoms with Crippen LogP contribution in [-0.4, -0.2) is 30.0 Å². The molecule has 0 unspecified atom stereocenters. The highest BCUT2D eigenvalue weighted by Gasteiger charge is 2.25. The van der Waals surface area contributed by atoms with Gasteiger partial charge in [0.2, 0.25) is 5.91 Å². The second kappa shape index (κ2) is 8.05. The van der Waals surface area contributed by atoms with Crippen molar-refractivity contribution >= 4 is 16.7 Å². The second-order valence-electron chi connectivity index (χ2n) is 7.88. The molecule has 1 amide bonds. The number of carbonyl (C=O) groups is 1. The Balaban J connectivity index is 1.39. The molecule has 1 saturated heterocycles. The molecular weight excluding hydrogens is 346 g/mol. The van der Waals surface area contributed by atoms with Crippen molar-refractivity contribution in [3.8, 4) is 16.9 Å². The maximum Gasteiger partial charge on any atom is 0.225 e. The third kappa shape index (κ3) is 4.04. The van der Waals surface area contributed by atoms with Crippen LogP contribution in [0.25, 0.3) is 21.9 Å². The standard InChI is InChI=1S/C25H27NO2/c1-18(2)25(27)26-15-13-24(14-16-26)28-23-11-9-20(10-12-23)22-8-7-19-5-3-4-6-21(19)17-22/h3-12,17-18,24H,13-16H2,1-2H3. The molecule has 0 atom stereocenters. The Labute approximate surface area is 166 Å². The summed E-state index contributed by atoms with van der Waals surface area (Å²) in [5.41, 5.74) is 2.40. The molecule has 0 spiro atoms. The molecule has 0 aliphatic carbocycles. The van der Waals surface area contributed by atoms with Gasteiger partial charge in [0.15, 0.2) is 0 Å². The molecule has 1 heterocycles. The van der Waals surface area contributed by atoms with E-state index in [2.05, 4.69) is 66.7 Å². The molecule has 1 aliphatic heterocycles. The minimum atomic E-state index is 0.0696. The van der Waals surface area contributed by atoms with Gasteiger partial charge in [-0.3, -0.25) is 4.79 Å². The van der Waals surface area contributed by atoms with E-state index in [1.54, 1.807) is 0 Å². The minimum Gasteiger partial charge on any atom is -0.490 e. The van der Waals surface area contributed by atoms with E-state index in [0.29, 0.717) is 0 Å². The predicted molar refractivity (Wildman–Crippen MR) is 114 cm³/mol. The summed E-state index contributed by atoms with van der Waals surface area (Å²) in [7, 11) is 0. The molecule has 3 aromatic rings. The summed E-state index contributed by atoms with van der Waals surface area (Å²) < 4.78 is 6.17. The van der Waals surface area contributed by atoms with Gasteiger partial charge in [-0.25, -0.2) is 0 Å². The summed E-state index contributed by atoms with van der Waals surface area (Å²) in [4.78, 5) is 14.1. The molecule has 1 fully saturated rings. The van der Waals surface area contributed by atoms with Crippen LogP contribution in [0.3, 0.4) is 0 Å². The van der Waals surface area contributed by atoms with Gasteiger partial charge >= 0.3 is 0 Å². The third-order valence-electron chi connectivity index (χ3n) is 5.49. The van der Waals surface area contributed by atoms with E-state index in [0.717, 1.165) is 31.7 Å². The first kappa shape index (κ1) is 18.5. The fraction of sp³-hybridized carbons (Fsp3) is 0.320. The van der Waals surface area contributed by atoms with Gasteiger partial charge in [-0.05, 0) is 40.1 Å². The molecule has 0 aromatic heterocycles. The van der Waals surface area contributed by atoms with Gasteiger partial charge in [-0.15, -0.1) is 0 Å².